The van der Waals surface area contributed by atoms with Crippen molar-refractivity contribution in [2.45, 2.75) is 62.2 Å². The predicted molar refractivity (Wildman–Crippen MR) is 128 cm³/mol. The van der Waals surface area contributed by atoms with E-state index in [4.69, 9.17) is 9.73 Å². The van der Waals surface area contributed by atoms with Gasteiger partial charge in [0.1, 0.15) is 6.54 Å². The van der Waals surface area contributed by atoms with E-state index in [1.165, 1.54) is 44.9 Å². The van der Waals surface area contributed by atoms with Crippen molar-refractivity contribution in [3.8, 4) is 0 Å². The predicted octanol–water partition coefficient (Wildman–Crippen LogP) is 2.96. The Morgan fingerprint density at radius 3 is 2.71 bits per heavy atom. The summed E-state index contributed by atoms with van der Waals surface area (Å²) in [6.45, 7) is 3.90. The molecule has 1 spiro atoms. The fourth-order valence-electron chi connectivity index (χ4n) is 4.25. The van der Waals surface area contributed by atoms with Gasteiger partial charge in [0.05, 0.1) is 6.10 Å². The number of amides is 1. The average molecular weight is 525 g/mol. The Bertz CT molecular complexity index is 515. The number of ether oxygens (including phenoxy) is 1. The first kappa shape index (κ1) is 24.1. The van der Waals surface area contributed by atoms with Gasteiger partial charge in [-0.05, 0) is 32.1 Å². The number of hydrogen-bond acceptors (Lipinski definition) is 4. The van der Waals surface area contributed by atoms with Crippen molar-refractivity contribution in [3.63, 3.8) is 0 Å². The second-order valence-electron chi connectivity index (χ2n) is 8.31. The van der Waals surface area contributed by atoms with Gasteiger partial charge in [0, 0.05) is 50.8 Å². The van der Waals surface area contributed by atoms with Crippen LogP contribution in [0.3, 0.4) is 0 Å². The third-order valence-corrected chi connectivity index (χ3v) is 7.47. The molecule has 2 heterocycles. The Labute approximate surface area is 191 Å². The van der Waals surface area contributed by atoms with E-state index in [0.717, 1.165) is 44.4 Å². The van der Waals surface area contributed by atoms with E-state index < -0.39 is 0 Å². The number of aliphatic imine (C=N–C) groups is 1. The Morgan fingerprint density at radius 1 is 1.25 bits per heavy atom. The zero-order chi connectivity index (χ0) is 19.1. The number of carbonyl (C=O) groups is 1. The molecule has 28 heavy (non-hydrogen) atoms. The van der Waals surface area contributed by atoms with Gasteiger partial charge in [0.25, 0.3) is 0 Å². The van der Waals surface area contributed by atoms with Crippen molar-refractivity contribution < 1.29 is 9.53 Å². The van der Waals surface area contributed by atoms with Crippen molar-refractivity contribution in [2.75, 3.05) is 52.6 Å². The van der Waals surface area contributed by atoms with Crippen LogP contribution in [0.4, 0.5) is 0 Å². The largest absolute Gasteiger partial charge is 0.376 e. The van der Waals surface area contributed by atoms with Crippen LogP contribution >= 0.6 is 35.7 Å². The molecule has 3 aliphatic rings. The Kier molecular flexibility index (Phi) is 10.2. The number of carbonyl (C=O) groups excluding carboxylic acids is 1. The minimum Gasteiger partial charge on any atom is -0.376 e. The van der Waals surface area contributed by atoms with E-state index >= 15 is 0 Å². The molecule has 1 atom stereocenters. The van der Waals surface area contributed by atoms with Gasteiger partial charge in [-0.2, -0.15) is 11.8 Å². The molecule has 1 aliphatic carbocycles. The first-order valence-corrected chi connectivity index (χ1v) is 11.6. The van der Waals surface area contributed by atoms with E-state index in [9.17, 15) is 4.79 Å². The molecule has 162 valence electrons. The second-order valence-corrected chi connectivity index (χ2v) is 9.87. The van der Waals surface area contributed by atoms with Crippen LogP contribution in [0.2, 0.25) is 0 Å². The van der Waals surface area contributed by atoms with E-state index in [1.807, 2.05) is 0 Å². The van der Waals surface area contributed by atoms with Gasteiger partial charge in [-0.15, -0.1) is 24.0 Å². The molecule has 2 saturated heterocycles. The van der Waals surface area contributed by atoms with E-state index in [1.54, 1.807) is 19.0 Å². The average Bonchev–Trinajstić information content (AvgIpc) is 2.69. The van der Waals surface area contributed by atoms with Gasteiger partial charge in [-0.25, -0.2) is 4.99 Å². The fraction of sp³-hybridized carbons (Fsp3) is 0.900. The highest BCUT2D eigenvalue weighted by Gasteiger charge is 2.38. The van der Waals surface area contributed by atoms with Crippen LogP contribution in [0, 0.1) is 0 Å². The number of thioether (sulfide) groups is 1. The summed E-state index contributed by atoms with van der Waals surface area (Å²) >= 11 is 2.16. The summed E-state index contributed by atoms with van der Waals surface area (Å²) in [6.07, 6.45) is 10.5. The summed E-state index contributed by atoms with van der Waals surface area (Å²) < 4.78 is 6.25. The van der Waals surface area contributed by atoms with Crippen LogP contribution in [0.15, 0.2) is 4.99 Å². The maximum atomic E-state index is 12.1. The third-order valence-electron chi connectivity index (χ3n) is 5.94. The molecule has 1 unspecified atom stereocenters. The zero-order valence-corrected chi connectivity index (χ0v) is 20.6. The van der Waals surface area contributed by atoms with Gasteiger partial charge < -0.3 is 19.9 Å². The van der Waals surface area contributed by atoms with Crippen molar-refractivity contribution in [1.29, 1.82) is 0 Å². The zero-order valence-electron chi connectivity index (χ0n) is 17.5. The lowest BCUT2D eigenvalue weighted by atomic mass is 9.87. The summed E-state index contributed by atoms with van der Waals surface area (Å²) in [5.41, 5.74) is 0. The molecular formula is C20H37IN4O2S. The molecule has 3 fully saturated rings. The number of nitrogens with zero attached hydrogens (tertiary/aromatic N) is 3. The Hall–Kier alpha value is -0.220. The smallest absolute Gasteiger partial charge is 0.243 e. The number of rotatable bonds is 4. The van der Waals surface area contributed by atoms with Gasteiger partial charge >= 0.3 is 0 Å². The number of guanidine groups is 1. The van der Waals surface area contributed by atoms with Gasteiger partial charge in [0.15, 0.2) is 5.96 Å². The number of nitrogens with one attached hydrogen (secondary N) is 1. The van der Waals surface area contributed by atoms with Crippen LogP contribution in [0.1, 0.15) is 51.4 Å². The van der Waals surface area contributed by atoms with E-state index in [2.05, 4.69) is 22.0 Å². The lowest BCUT2D eigenvalue weighted by Crippen LogP contribution is -2.54. The highest BCUT2D eigenvalue weighted by Crippen LogP contribution is 2.42. The topological polar surface area (TPSA) is 57.2 Å². The van der Waals surface area contributed by atoms with Crippen LogP contribution < -0.4 is 5.32 Å². The minimum atomic E-state index is 0. The molecule has 3 rings (SSSR count). The van der Waals surface area contributed by atoms with Crippen LogP contribution in [-0.2, 0) is 9.53 Å². The van der Waals surface area contributed by atoms with Gasteiger partial charge in [-0.1, -0.05) is 19.3 Å². The molecule has 8 heteroatoms. The Morgan fingerprint density at radius 2 is 2.04 bits per heavy atom. The molecule has 0 aromatic carbocycles. The summed E-state index contributed by atoms with van der Waals surface area (Å²) in [5.74, 6) is 2.08. The summed E-state index contributed by atoms with van der Waals surface area (Å²) in [6, 6.07) is 0. The van der Waals surface area contributed by atoms with Crippen molar-refractivity contribution in [3.05, 3.63) is 0 Å². The normalized spacial score (nSPS) is 25.1. The molecule has 1 N–H and O–H groups in total. The van der Waals surface area contributed by atoms with Crippen molar-refractivity contribution in [2.24, 2.45) is 4.99 Å². The molecule has 6 nitrogen and oxygen atoms in total. The van der Waals surface area contributed by atoms with Crippen molar-refractivity contribution >= 4 is 47.6 Å². The molecule has 0 aromatic rings. The highest BCUT2D eigenvalue weighted by molar-refractivity contribution is 14.0. The lowest BCUT2D eigenvalue weighted by Gasteiger charge is -2.45. The minimum absolute atomic E-state index is 0. The number of likely N-dealkylation sites (N-methyl/N-ethyl adjacent to an activating group) is 1. The number of hydrogen-bond donors (Lipinski definition) is 1. The summed E-state index contributed by atoms with van der Waals surface area (Å²) in [7, 11) is 3.57. The number of halogens is 1. The van der Waals surface area contributed by atoms with Crippen molar-refractivity contribution in [1.82, 2.24) is 15.1 Å². The summed E-state index contributed by atoms with van der Waals surface area (Å²) in [4.78, 5) is 20.8. The van der Waals surface area contributed by atoms with Crippen LogP contribution in [0.25, 0.3) is 0 Å². The highest BCUT2D eigenvalue weighted by atomic mass is 127. The van der Waals surface area contributed by atoms with Gasteiger partial charge in [0.2, 0.25) is 5.91 Å². The standard InChI is InChI=1S/C20H36N4O2S.HI/c1-23(2)18(25)15-22-19(21-14-17-8-4-7-12-26-17)24-11-13-27-20(16-24)9-5-3-6-10-20;/h17H,3-16H2,1-2H3,(H,21,22);1H. The molecule has 2 aliphatic heterocycles. The first-order valence-electron chi connectivity index (χ1n) is 10.6. The Balaban J connectivity index is 0.00000280. The lowest BCUT2D eigenvalue weighted by molar-refractivity contribution is -0.127. The maximum absolute atomic E-state index is 12.1. The maximum Gasteiger partial charge on any atom is 0.243 e. The summed E-state index contributed by atoms with van der Waals surface area (Å²) in [5, 5.41) is 3.55. The molecule has 1 saturated carbocycles. The monoisotopic (exact) mass is 524 g/mol. The van der Waals surface area contributed by atoms with Crippen LogP contribution in [-0.4, -0.2) is 85.2 Å². The quantitative estimate of drug-likeness (QED) is 0.348. The molecule has 1 amide bonds. The molecule has 0 aromatic heterocycles. The fourth-order valence-corrected chi connectivity index (χ4v) is 5.82. The second kappa shape index (κ2) is 11.8. The third kappa shape index (κ3) is 6.93. The first-order chi connectivity index (χ1) is 13.1. The molecular weight excluding hydrogens is 487 g/mol. The van der Waals surface area contributed by atoms with E-state index in [-0.39, 0.29) is 42.5 Å². The van der Waals surface area contributed by atoms with Crippen LogP contribution in [0.5, 0.6) is 0 Å². The molecule has 0 bridgehead atoms. The van der Waals surface area contributed by atoms with E-state index in [0.29, 0.717) is 4.75 Å². The van der Waals surface area contributed by atoms with Gasteiger partial charge in [-0.3, -0.25) is 4.79 Å². The SMILES string of the molecule is CN(C)C(=O)CN=C(NCC1CCCCO1)N1CCSC2(CCCCC2)C1.I. The molecule has 0 radical (unpaired) electrons.